The van der Waals surface area contributed by atoms with Crippen LogP contribution in [0.25, 0.3) is 0 Å². The van der Waals surface area contributed by atoms with Gasteiger partial charge >= 0.3 is 0 Å². The number of carbonyl (C=O) groups is 1. The van der Waals surface area contributed by atoms with Crippen LogP contribution in [0.2, 0.25) is 0 Å². The van der Waals surface area contributed by atoms with Crippen molar-refractivity contribution < 1.29 is 4.79 Å². The number of hydrogen-bond donors (Lipinski definition) is 1. The average Bonchev–Trinajstić information content (AvgIpc) is 2.97. The van der Waals surface area contributed by atoms with E-state index < -0.39 is 0 Å². The molecule has 3 rings (SSSR count). The molecule has 1 spiro atoms. The SMILES string of the molecule is CCCC(C)C(=O)N(Cc1ccsc1)C1CC12CCNCC2. The van der Waals surface area contributed by atoms with Crippen molar-refractivity contribution in [3.63, 3.8) is 0 Å². The normalized spacial score (nSPS) is 24.2. The van der Waals surface area contributed by atoms with Crippen LogP contribution < -0.4 is 5.32 Å². The molecular formula is C18H28N2OS. The van der Waals surface area contributed by atoms with Crippen LogP contribution in [0, 0.1) is 11.3 Å². The summed E-state index contributed by atoms with van der Waals surface area (Å²) in [7, 11) is 0. The number of amides is 1. The second kappa shape index (κ2) is 6.71. The first-order valence-corrected chi connectivity index (χ1v) is 9.63. The summed E-state index contributed by atoms with van der Waals surface area (Å²) >= 11 is 1.72. The van der Waals surface area contributed by atoms with E-state index >= 15 is 0 Å². The van der Waals surface area contributed by atoms with Crippen LogP contribution in [0.5, 0.6) is 0 Å². The Kier molecular flexibility index (Phi) is 4.88. The molecule has 2 heterocycles. The molecule has 22 heavy (non-hydrogen) atoms. The molecule has 1 N–H and O–H groups in total. The summed E-state index contributed by atoms with van der Waals surface area (Å²) in [6.07, 6.45) is 5.75. The first-order valence-electron chi connectivity index (χ1n) is 8.68. The summed E-state index contributed by atoms with van der Waals surface area (Å²) in [6, 6.07) is 2.63. The Balaban J connectivity index is 1.73. The molecule has 1 saturated carbocycles. The smallest absolute Gasteiger partial charge is 0.225 e. The Morgan fingerprint density at radius 2 is 2.27 bits per heavy atom. The lowest BCUT2D eigenvalue weighted by Crippen LogP contribution is -2.41. The van der Waals surface area contributed by atoms with Crippen molar-refractivity contribution in [2.75, 3.05) is 13.1 Å². The Bertz CT molecular complexity index is 493. The standard InChI is InChI=1S/C18H28N2OS/c1-3-4-14(2)17(21)20(12-15-5-10-22-13-15)16-11-18(16)6-8-19-9-7-18/h5,10,13-14,16,19H,3-4,6-9,11-12H2,1-2H3. The van der Waals surface area contributed by atoms with Gasteiger partial charge in [-0.2, -0.15) is 11.3 Å². The van der Waals surface area contributed by atoms with Crippen LogP contribution in [0.4, 0.5) is 0 Å². The number of rotatable bonds is 6. The zero-order chi connectivity index (χ0) is 15.6. The Hall–Kier alpha value is -0.870. The van der Waals surface area contributed by atoms with Gasteiger partial charge in [-0.25, -0.2) is 0 Å². The second-order valence-electron chi connectivity index (χ2n) is 7.12. The zero-order valence-corrected chi connectivity index (χ0v) is 14.6. The van der Waals surface area contributed by atoms with Crippen molar-refractivity contribution in [1.82, 2.24) is 10.2 Å². The minimum atomic E-state index is 0.156. The van der Waals surface area contributed by atoms with E-state index in [9.17, 15) is 4.79 Å². The molecular weight excluding hydrogens is 292 g/mol. The quantitative estimate of drug-likeness (QED) is 0.867. The molecule has 1 aliphatic heterocycles. The topological polar surface area (TPSA) is 32.3 Å². The van der Waals surface area contributed by atoms with Gasteiger partial charge in [0.15, 0.2) is 0 Å². The maximum Gasteiger partial charge on any atom is 0.225 e. The number of nitrogens with zero attached hydrogens (tertiary/aromatic N) is 1. The summed E-state index contributed by atoms with van der Waals surface area (Å²) < 4.78 is 0. The second-order valence-corrected chi connectivity index (χ2v) is 7.90. The van der Waals surface area contributed by atoms with Crippen molar-refractivity contribution in [2.24, 2.45) is 11.3 Å². The van der Waals surface area contributed by atoms with Gasteiger partial charge in [-0.3, -0.25) is 4.79 Å². The molecule has 0 radical (unpaired) electrons. The Morgan fingerprint density at radius 1 is 1.50 bits per heavy atom. The van der Waals surface area contributed by atoms with Crippen LogP contribution in [0.3, 0.4) is 0 Å². The predicted molar refractivity (Wildman–Crippen MR) is 91.9 cm³/mol. The van der Waals surface area contributed by atoms with Crippen LogP contribution in [-0.4, -0.2) is 29.9 Å². The number of piperidine rings is 1. The minimum Gasteiger partial charge on any atom is -0.335 e. The summed E-state index contributed by atoms with van der Waals surface area (Å²) in [6.45, 7) is 7.29. The van der Waals surface area contributed by atoms with Crippen LogP contribution in [0.15, 0.2) is 16.8 Å². The first kappa shape index (κ1) is 16.0. The van der Waals surface area contributed by atoms with Gasteiger partial charge < -0.3 is 10.2 Å². The molecule has 2 aliphatic rings. The largest absolute Gasteiger partial charge is 0.335 e. The van der Waals surface area contributed by atoms with E-state index in [0.29, 0.717) is 17.4 Å². The maximum absolute atomic E-state index is 13.0. The van der Waals surface area contributed by atoms with Gasteiger partial charge in [0.2, 0.25) is 5.91 Å². The van der Waals surface area contributed by atoms with Gasteiger partial charge in [0.25, 0.3) is 0 Å². The highest BCUT2D eigenvalue weighted by Gasteiger charge is 2.57. The molecule has 1 aromatic rings. The zero-order valence-electron chi connectivity index (χ0n) is 13.8. The third-order valence-electron chi connectivity index (χ3n) is 5.48. The third kappa shape index (κ3) is 3.23. The summed E-state index contributed by atoms with van der Waals surface area (Å²) in [5.74, 6) is 0.524. The number of thiophene rings is 1. The monoisotopic (exact) mass is 320 g/mol. The lowest BCUT2D eigenvalue weighted by molar-refractivity contribution is -0.137. The molecule has 2 unspecified atom stereocenters. The molecule has 122 valence electrons. The van der Waals surface area contributed by atoms with Crippen molar-refractivity contribution in [3.05, 3.63) is 22.4 Å². The van der Waals surface area contributed by atoms with E-state index in [2.05, 4.69) is 40.9 Å². The number of hydrogen-bond acceptors (Lipinski definition) is 3. The van der Waals surface area contributed by atoms with Crippen molar-refractivity contribution >= 4 is 17.2 Å². The molecule has 0 aromatic carbocycles. The Morgan fingerprint density at radius 3 is 2.91 bits per heavy atom. The first-order chi connectivity index (χ1) is 10.7. The van der Waals surface area contributed by atoms with E-state index in [1.54, 1.807) is 11.3 Å². The lowest BCUT2D eigenvalue weighted by atomic mass is 9.93. The van der Waals surface area contributed by atoms with Gasteiger partial charge in [-0.1, -0.05) is 20.3 Å². The Labute approximate surface area is 138 Å². The molecule has 1 amide bonds. The van der Waals surface area contributed by atoms with Crippen molar-refractivity contribution in [1.29, 1.82) is 0 Å². The molecule has 1 aliphatic carbocycles. The number of carbonyl (C=O) groups excluding carboxylic acids is 1. The molecule has 1 saturated heterocycles. The summed E-state index contributed by atoms with van der Waals surface area (Å²) in [4.78, 5) is 15.2. The molecule has 4 heteroatoms. The highest BCUT2D eigenvalue weighted by atomic mass is 32.1. The molecule has 1 aromatic heterocycles. The van der Waals surface area contributed by atoms with Gasteiger partial charge in [0.05, 0.1) is 0 Å². The minimum absolute atomic E-state index is 0.156. The fraction of sp³-hybridized carbons (Fsp3) is 0.722. The van der Waals surface area contributed by atoms with Crippen LogP contribution >= 0.6 is 11.3 Å². The molecule has 2 fully saturated rings. The van der Waals surface area contributed by atoms with E-state index in [1.165, 1.54) is 24.8 Å². The van der Waals surface area contributed by atoms with Crippen molar-refractivity contribution in [3.8, 4) is 0 Å². The fourth-order valence-electron chi connectivity index (χ4n) is 3.99. The summed E-state index contributed by atoms with van der Waals surface area (Å²) in [5, 5.41) is 7.75. The van der Waals surface area contributed by atoms with Gasteiger partial charge in [0.1, 0.15) is 0 Å². The highest BCUT2D eigenvalue weighted by molar-refractivity contribution is 7.07. The lowest BCUT2D eigenvalue weighted by Gasteiger charge is -2.31. The predicted octanol–water partition coefficient (Wildman–Crippen LogP) is 3.66. The molecule has 0 bridgehead atoms. The highest BCUT2D eigenvalue weighted by Crippen LogP contribution is 2.56. The average molecular weight is 321 g/mol. The van der Waals surface area contributed by atoms with Crippen LogP contribution in [0.1, 0.15) is 51.5 Å². The van der Waals surface area contributed by atoms with E-state index in [0.717, 1.165) is 32.5 Å². The van der Waals surface area contributed by atoms with Crippen LogP contribution in [-0.2, 0) is 11.3 Å². The van der Waals surface area contributed by atoms with Crippen molar-refractivity contribution in [2.45, 2.75) is 58.5 Å². The molecule has 3 nitrogen and oxygen atoms in total. The fourth-order valence-corrected chi connectivity index (χ4v) is 4.65. The van der Waals surface area contributed by atoms with E-state index in [4.69, 9.17) is 0 Å². The number of nitrogens with one attached hydrogen (secondary N) is 1. The summed E-state index contributed by atoms with van der Waals surface area (Å²) in [5.41, 5.74) is 1.71. The maximum atomic E-state index is 13.0. The van der Waals surface area contributed by atoms with Gasteiger partial charge in [0, 0.05) is 18.5 Å². The van der Waals surface area contributed by atoms with E-state index in [-0.39, 0.29) is 5.92 Å². The van der Waals surface area contributed by atoms with Gasteiger partial charge in [-0.05, 0) is 66.6 Å². The third-order valence-corrected chi connectivity index (χ3v) is 6.21. The van der Waals surface area contributed by atoms with Gasteiger partial charge in [-0.15, -0.1) is 0 Å². The molecule has 2 atom stereocenters. The van der Waals surface area contributed by atoms with E-state index in [1.807, 2.05) is 0 Å².